The van der Waals surface area contributed by atoms with Crippen LogP contribution in [0.1, 0.15) is 37.5 Å². The van der Waals surface area contributed by atoms with Crippen molar-refractivity contribution in [2.75, 3.05) is 63.4 Å². The van der Waals surface area contributed by atoms with Gasteiger partial charge in [0.1, 0.15) is 0 Å². The molecule has 0 radical (unpaired) electrons. The summed E-state index contributed by atoms with van der Waals surface area (Å²) < 4.78 is 15.4. The molecule has 4 rings (SSSR count). The molecule has 0 unspecified atom stereocenters. The van der Waals surface area contributed by atoms with Gasteiger partial charge in [0, 0.05) is 44.7 Å². The van der Waals surface area contributed by atoms with Crippen molar-refractivity contribution in [2.24, 2.45) is 0 Å². The van der Waals surface area contributed by atoms with Gasteiger partial charge in [0.15, 0.2) is 6.61 Å². The first-order valence-electron chi connectivity index (χ1n) is 11.4. The molecule has 35 heavy (non-hydrogen) atoms. The molecule has 0 saturated carbocycles. The van der Waals surface area contributed by atoms with Crippen molar-refractivity contribution in [2.45, 2.75) is 6.42 Å². The number of hydrogen-bond donors (Lipinski definition) is 1. The second-order valence-corrected chi connectivity index (χ2v) is 8.14. The lowest BCUT2D eigenvalue weighted by atomic mass is 10.1. The predicted octanol–water partition coefficient (Wildman–Crippen LogP) is 1.95. The molecule has 0 aromatic heterocycles. The van der Waals surface area contributed by atoms with Crippen LogP contribution >= 0.6 is 0 Å². The van der Waals surface area contributed by atoms with Gasteiger partial charge in [-0.25, -0.2) is 4.79 Å². The highest BCUT2D eigenvalue weighted by atomic mass is 16.5. The first-order valence-corrected chi connectivity index (χ1v) is 11.4. The number of rotatable bonds is 9. The molecule has 184 valence electrons. The van der Waals surface area contributed by atoms with Crippen LogP contribution in [-0.4, -0.2) is 81.8 Å². The molecule has 1 saturated heterocycles. The molecule has 0 atom stereocenters. The molecule has 1 N–H and O–H groups in total. The van der Waals surface area contributed by atoms with Crippen molar-refractivity contribution in [3.63, 3.8) is 0 Å². The molecule has 2 aromatic carbocycles. The minimum atomic E-state index is -0.760. The zero-order valence-corrected chi connectivity index (χ0v) is 19.5. The Bertz CT molecular complexity index is 1110. The van der Waals surface area contributed by atoms with Gasteiger partial charge in [-0.05, 0) is 48.9 Å². The van der Waals surface area contributed by atoms with E-state index in [0.717, 1.165) is 23.7 Å². The zero-order valence-electron chi connectivity index (χ0n) is 19.5. The van der Waals surface area contributed by atoms with Crippen LogP contribution in [0.3, 0.4) is 0 Å². The van der Waals surface area contributed by atoms with E-state index in [1.165, 1.54) is 18.2 Å². The van der Waals surface area contributed by atoms with Gasteiger partial charge in [0.25, 0.3) is 17.7 Å². The van der Waals surface area contributed by atoms with Gasteiger partial charge in [-0.1, -0.05) is 0 Å². The number of methoxy groups -OCH3 is 1. The molecule has 2 aliphatic heterocycles. The molecule has 1 fully saturated rings. The Labute approximate surface area is 202 Å². The van der Waals surface area contributed by atoms with Crippen LogP contribution in [0, 0.1) is 0 Å². The zero-order chi connectivity index (χ0) is 24.8. The molecule has 0 bridgehead atoms. The second kappa shape index (κ2) is 11.1. The van der Waals surface area contributed by atoms with Gasteiger partial charge in [-0.3, -0.25) is 19.3 Å². The number of anilines is 2. The van der Waals surface area contributed by atoms with E-state index >= 15 is 0 Å². The van der Waals surface area contributed by atoms with Crippen LogP contribution in [0.15, 0.2) is 42.5 Å². The molecule has 3 amide bonds. The highest BCUT2D eigenvalue weighted by Crippen LogP contribution is 2.25. The van der Waals surface area contributed by atoms with E-state index in [2.05, 4.69) is 10.2 Å². The maximum Gasteiger partial charge on any atom is 0.338 e. The Morgan fingerprint density at radius 3 is 2.43 bits per heavy atom. The summed E-state index contributed by atoms with van der Waals surface area (Å²) in [6.07, 6.45) is 0.516. The second-order valence-electron chi connectivity index (χ2n) is 8.14. The van der Waals surface area contributed by atoms with Crippen LogP contribution in [0.2, 0.25) is 0 Å². The molecule has 2 aliphatic rings. The Kier molecular flexibility index (Phi) is 7.74. The van der Waals surface area contributed by atoms with Crippen LogP contribution < -0.4 is 10.2 Å². The summed E-state index contributed by atoms with van der Waals surface area (Å²) in [5.74, 6) is -2.12. The lowest BCUT2D eigenvalue weighted by Crippen LogP contribution is -2.36. The topological polar surface area (TPSA) is 114 Å². The van der Waals surface area contributed by atoms with Crippen LogP contribution in [0.25, 0.3) is 0 Å². The summed E-state index contributed by atoms with van der Waals surface area (Å²) in [6, 6.07) is 11.6. The third-order valence-electron chi connectivity index (χ3n) is 5.80. The number of hydrogen-bond acceptors (Lipinski definition) is 8. The largest absolute Gasteiger partial charge is 0.452 e. The van der Waals surface area contributed by atoms with E-state index in [1.807, 2.05) is 12.1 Å². The first kappa shape index (κ1) is 24.4. The van der Waals surface area contributed by atoms with Gasteiger partial charge in [-0.15, -0.1) is 0 Å². The lowest BCUT2D eigenvalue weighted by Gasteiger charge is -2.28. The van der Waals surface area contributed by atoms with E-state index in [9.17, 15) is 19.2 Å². The number of carbonyl (C=O) groups is 4. The van der Waals surface area contributed by atoms with Gasteiger partial charge in [0.05, 0.1) is 29.9 Å². The molecule has 10 nitrogen and oxygen atoms in total. The Morgan fingerprint density at radius 1 is 1.00 bits per heavy atom. The number of fused-ring (bicyclic) bond motifs is 1. The number of nitrogens with zero attached hydrogens (tertiary/aromatic N) is 2. The van der Waals surface area contributed by atoms with E-state index in [1.54, 1.807) is 19.2 Å². The molecule has 10 heteroatoms. The average Bonchev–Trinajstić information content (AvgIpc) is 3.12. The summed E-state index contributed by atoms with van der Waals surface area (Å²) in [6.45, 7) is 3.16. The number of ether oxygens (including phenoxy) is 3. The molecule has 2 heterocycles. The average molecular weight is 482 g/mol. The normalized spacial score (nSPS) is 15.2. The van der Waals surface area contributed by atoms with E-state index < -0.39 is 30.3 Å². The smallest absolute Gasteiger partial charge is 0.338 e. The summed E-state index contributed by atoms with van der Waals surface area (Å²) in [5.41, 5.74) is 2.10. The molecule has 0 spiro atoms. The fourth-order valence-corrected chi connectivity index (χ4v) is 3.98. The number of carbonyl (C=O) groups excluding carboxylic acids is 4. The van der Waals surface area contributed by atoms with E-state index in [0.29, 0.717) is 31.9 Å². The number of amides is 3. The molecular formula is C25H27N3O7. The number of imide groups is 1. The van der Waals surface area contributed by atoms with Gasteiger partial charge in [-0.2, -0.15) is 0 Å². The van der Waals surface area contributed by atoms with Crippen molar-refractivity contribution in [3.8, 4) is 0 Å². The Balaban J connectivity index is 1.30. The van der Waals surface area contributed by atoms with Crippen LogP contribution in [-0.2, 0) is 19.0 Å². The summed E-state index contributed by atoms with van der Waals surface area (Å²) in [7, 11) is 1.54. The third-order valence-corrected chi connectivity index (χ3v) is 5.80. The first-order chi connectivity index (χ1) is 17.0. The maximum atomic E-state index is 12.6. The van der Waals surface area contributed by atoms with Crippen LogP contribution in [0.5, 0.6) is 0 Å². The fraction of sp³-hybridized carbons (Fsp3) is 0.360. The SMILES string of the molecule is COCCCN1C(=O)c2ccc(C(=O)OCC(=O)Nc3ccc(N4CCOCC4)cc3)cc2C1=O. The van der Waals surface area contributed by atoms with Gasteiger partial charge < -0.3 is 24.4 Å². The highest BCUT2D eigenvalue weighted by molar-refractivity contribution is 6.22. The van der Waals surface area contributed by atoms with Crippen molar-refractivity contribution >= 4 is 35.1 Å². The van der Waals surface area contributed by atoms with E-state index in [-0.39, 0.29) is 23.2 Å². The quantitative estimate of drug-likeness (QED) is 0.328. The van der Waals surface area contributed by atoms with Crippen molar-refractivity contribution in [1.82, 2.24) is 4.90 Å². The number of esters is 1. The maximum absolute atomic E-state index is 12.6. The van der Waals surface area contributed by atoms with Crippen molar-refractivity contribution in [3.05, 3.63) is 59.2 Å². The van der Waals surface area contributed by atoms with Crippen LogP contribution in [0.4, 0.5) is 11.4 Å². The van der Waals surface area contributed by atoms with E-state index in [4.69, 9.17) is 14.2 Å². The standard InChI is InChI=1S/C25H27N3O7/c1-33-12-2-9-28-23(30)20-8-3-17(15-21(20)24(28)31)25(32)35-16-22(29)26-18-4-6-19(7-5-18)27-10-13-34-14-11-27/h3-8,15H,2,9-14,16H2,1H3,(H,26,29). The van der Waals surface area contributed by atoms with Gasteiger partial charge in [0.2, 0.25) is 0 Å². The Morgan fingerprint density at radius 2 is 1.71 bits per heavy atom. The third kappa shape index (κ3) is 5.67. The monoisotopic (exact) mass is 481 g/mol. The molecule has 0 aliphatic carbocycles. The summed E-state index contributed by atoms with van der Waals surface area (Å²) >= 11 is 0. The van der Waals surface area contributed by atoms with Crippen molar-refractivity contribution in [1.29, 1.82) is 0 Å². The number of nitrogens with one attached hydrogen (secondary N) is 1. The predicted molar refractivity (Wildman–Crippen MR) is 127 cm³/mol. The minimum Gasteiger partial charge on any atom is -0.452 e. The summed E-state index contributed by atoms with van der Waals surface area (Å²) in [5, 5.41) is 2.69. The Hall–Kier alpha value is -3.76. The summed E-state index contributed by atoms with van der Waals surface area (Å²) in [4.78, 5) is 53.1. The molecular weight excluding hydrogens is 454 g/mol. The minimum absolute atomic E-state index is 0.0892. The van der Waals surface area contributed by atoms with Gasteiger partial charge >= 0.3 is 5.97 Å². The van der Waals surface area contributed by atoms with Crippen molar-refractivity contribution < 1.29 is 33.4 Å². The lowest BCUT2D eigenvalue weighted by molar-refractivity contribution is -0.119. The fourth-order valence-electron chi connectivity index (χ4n) is 3.98. The number of morpholine rings is 1. The highest BCUT2D eigenvalue weighted by Gasteiger charge is 2.35. The molecule has 2 aromatic rings. The number of benzene rings is 2.